The van der Waals surface area contributed by atoms with Crippen LogP contribution >= 0.6 is 0 Å². The first kappa shape index (κ1) is 11.5. The summed E-state index contributed by atoms with van der Waals surface area (Å²) in [6, 6.07) is 0.647. The van der Waals surface area contributed by atoms with Crippen LogP contribution in [0.15, 0.2) is 0 Å². The largest absolute Gasteiger partial charge is 0.380 e. The molecule has 5 nitrogen and oxygen atoms in total. The summed E-state index contributed by atoms with van der Waals surface area (Å²) in [6.07, 6.45) is 1.08. The van der Waals surface area contributed by atoms with E-state index in [9.17, 15) is 0 Å². The van der Waals surface area contributed by atoms with Gasteiger partial charge in [0.15, 0.2) is 5.82 Å². The monoisotopic (exact) mass is 224 g/mol. The number of hydrogen-bond donors (Lipinski definition) is 2. The molecule has 1 aliphatic rings. The SMILES string of the molecule is CC(C)c1n[nH]c(C(C)NC2CCOC2)n1. The number of rotatable bonds is 4. The van der Waals surface area contributed by atoms with Crippen LogP contribution in [0.5, 0.6) is 0 Å². The molecular weight excluding hydrogens is 204 g/mol. The second kappa shape index (κ2) is 4.93. The summed E-state index contributed by atoms with van der Waals surface area (Å²) in [5.74, 6) is 2.16. The van der Waals surface area contributed by atoms with Crippen LogP contribution < -0.4 is 5.32 Å². The summed E-state index contributed by atoms with van der Waals surface area (Å²) in [6.45, 7) is 7.95. The van der Waals surface area contributed by atoms with Crippen molar-refractivity contribution in [3.8, 4) is 0 Å². The summed E-state index contributed by atoms with van der Waals surface area (Å²) in [4.78, 5) is 4.48. The molecule has 2 atom stereocenters. The number of nitrogens with one attached hydrogen (secondary N) is 2. The summed E-state index contributed by atoms with van der Waals surface area (Å²) in [5, 5.41) is 10.7. The molecule has 16 heavy (non-hydrogen) atoms. The Balaban J connectivity index is 1.94. The molecule has 2 unspecified atom stereocenters. The van der Waals surface area contributed by atoms with E-state index in [4.69, 9.17) is 4.74 Å². The normalized spacial score (nSPS) is 22.9. The smallest absolute Gasteiger partial charge is 0.153 e. The van der Waals surface area contributed by atoms with Crippen LogP contribution in [0.4, 0.5) is 0 Å². The lowest BCUT2D eigenvalue weighted by atomic mass is 10.2. The molecule has 0 amide bonds. The highest BCUT2D eigenvalue weighted by atomic mass is 16.5. The first-order valence-corrected chi connectivity index (χ1v) is 5.93. The van der Waals surface area contributed by atoms with E-state index in [2.05, 4.69) is 41.3 Å². The van der Waals surface area contributed by atoms with Crippen molar-refractivity contribution in [2.45, 2.75) is 45.2 Å². The van der Waals surface area contributed by atoms with Crippen LogP contribution in [-0.2, 0) is 4.74 Å². The minimum absolute atomic E-state index is 0.201. The van der Waals surface area contributed by atoms with Crippen LogP contribution in [0.3, 0.4) is 0 Å². The molecule has 90 valence electrons. The van der Waals surface area contributed by atoms with E-state index in [-0.39, 0.29) is 6.04 Å². The van der Waals surface area contributed by atoms with Crippen LogP contribution in [0, 0.1) is 0 Å². The number of H-pyrrole nitrogens is 1. The maximum absolute atomic E-state index is 5.33. The van der Waals surface area contributed by atoms with E-state index in [0.29, 0.717) is 12.0 Å². The highest BCUT2D eigenvalue weighted by Gasteiger charge is 2.20. The Morgan fingerprint density at radius 3 is 2.81 bits per heavy atom. The Morgan fingerprint density at radius 2 is 2.25 bits per heavy atom. The molecule has 2 N–H and O–H groups in total. The predicted octanol–water partition coefficient (Wildman–Crippen LogP) is 1.37. The van der Waals surface area contributed by atoms with Gasteiger partial charge in [-0.05, 0) is 13.3 Å². The number of hydrogen-bond acceptors (Lipinski definition) is 4. The quantitative estimate of drug-likeness (QED) is 0.810. The minimum atomic E-state index is 0.201. The molecule has 5 heteroatoms. The van der Waals surface area contributed by atoms with Gasteiger partial charge in [0, 0.05) is 18.6 Å². The third-order valence-electron chi connectivity index (χ3n) is 2.86. The van der Waals surface area contributed by atoms with Gasteiger partial charge in [0.25, 0.3) is 0 Å². The van der Waals surface area contributed by atoms with Crippen molar-refractivity contribution in [3.05, 3.63) is 11.6 Å². The minimum Gasteiger partial charge on any atom is -0.380 e. The van der Waals surface area contributed by atoms with Crippen molar-refractivity contribution >= 4 is 0 Å². The molecule has 0 radical (unpaired) electrons. The van der Waals surface area contributed by atoms with E-state index in [1.807, 2.05) is 0 Å². The highest BCUT2D eigenvalue weighted by molar-refractivity contribution is 4.99. The standard InChI is InChI=1S/C11H20N4O/c1-7(2)10-13-11(15-14-10)8(3)12-9-4-5-16-6-9/h7-9,12H,4-6H2,1-3H3,(H,13,14,15). The van der Waals surface area contributed by atoms with Gasteiger partial charge in [0.05, 0.1) is 12.6 Å². The lowest BCUT2D eigenvalue weighted by molar-refractivity contribution is 0.188. The van der Waals surface area contributed by atoms with Crippen molar-refractivity contribution in [3.63, 3.8) is 0 Å². The fourth-order valence-electron chi connectivity index (χ4n) is 1.84. The molecular formula is C11H20N4O. The summed E-state index contributed by atoms with van der Waals surface area (Å²) in [5.41, 5.74) is 0. The molecule has 1 aliphatic heterocycles. The lowest BCUT2D eigenvalue weighted by Gasteiger charge is -2.15. The van der Waals surface area contributed by atoms with Gasteiger partial charge < -0.3 is 10.1 Å². The van der Waals surface area contributed by atoms with Crippen LogP contribution in [-0.4, -0.2) is 34.4 Å². The van der Waals surface area contributed by atoms with Crippen LogP contribution in [0.25, 0.3) is 0 Å². The molecule has 0 bridgehead atoms. The van der Waals surface area contributed by atoms with Crippen LogP contribution in [0.2, 0.25) is 0 Å². The molecule has 0 spiro atoms. The zero-order valence-electron chi connectivity index (χ0n) is 10.2. The molecule has 1 saturated heterocycles. The molecule has 0 aliphatic carbocycles. The average molecular weight is 224 g/mol. The third-order valence-corrected chi connectivity index (χ3v) is 2.86. The Hall–Kier alpha value is -0.940. The molecule has 0 saturated carbocycles. The van der Waals surface area contributed by atoms with Gasteiger partial charge in [-0.25, -0.2) is 4.98 Å². The zero-order chi connectivity index (χ0) is 11.5. The molecule has 2 rings (SSSR count). The second-order valence-corrected chi connectivity index (χ2v) is 4.68. The summed E-state index contributed by atoms with van der Waals surface area (Å²) in [7, 11) is 0. The van der Waals surface area contributed by atoms with Gasteiger partial charge in [0.1, 0.15) is 5.82 Å². The fourth-order valence-corrected chi connectivity index (χ4v) is 1.84. The maximum Gasteiger partial charge on any atom is 0.153 e. The predicted molar refractivity (Wildman–Crippen MR) is 61.2 cm³/mol. The molecule has 0 aromatic carbocycles. The molecule has 1 aromatic heterocycles. The lowest BCUT2D eigenvalue weighted by Crippen LogP contribution is -2.32. The van der Waals surface area contributed by atoms with Gasteiger partial charge >= 0.3 is 0 Å². The number of ether oxygens (including phenoxy) is 1. The first-order valence-electron chi connectivity index (χ1n) is 5.93. The Kier molecular flexibility index (Phi) is 3.56. The van der Waals surface area contributed by atoms with Crippen molar-refractivity contribution in [2.24, 2.45) is 0 Å². The van der Waals surface area contributed by atoms with Gasteiger partial charge in [-0.1, -0.05) is 13.8 Å². The second-order valence-electron chi connectivity index (χ2n) is 4.68. The number of aromatic nitrogens is 3. The third kappa shape index (κ3) is 2.59. The van der Waals surface area contributed by atoms with Crippen molar-refractivity contribution in [1.29, 1.82) is 0 Å². The number of nitrogens with zero attached hydrogens (tertiary/aromatic N) is 2. The fraction of sp³-hybridized carbons (Fsp3) is 0.818. The number of aromatic amines is 1. The van der Waals surface area contributed by atoms with Crippen molar-refractivity contribution in [1.82, 2.24) is 20.5 Å². The van der Waals surface area contributed by atoms with Gasteiger partial charge in [-0.15, -0.1) is 0 Å². The summed E-state index contributed by atoms with van der Waals surface area (Å²) >= 11 is 0. The van der Waals surface area contributed by atoms with E-state index in [1.54, 1.807) is 0 Å². The van der Waals surface area contributed by atoms with E-state index in [0.717, 1.165) is 31.3 Å². The molecule has 2 heterocycles. The van der Waals surface area contributed by atoms with Crippen LogP contribution in [0.1, 0.15) is 50.8 Å². The summed E-state index contributed by atoms with van der Waals surface area (Å²) < 4.78 is 5.33. The Labute approximate surface area is 96.0 Å². The van der Waals surface area contributed by atoms with Gasteiger partial charge in [-0.3, -0.25) is 5.10 Å². The van der Waals surface area contributed by atoms with E-state index < -0.39 is 0 Å². The maximum atomic E-state index is 5.33. The Morgan fingerprint density at radius 1 is 1.44 bits per heavy atom. The Bertz CT molecular complexity index is 330. The van der Waals surface area contributed by atoms with E-state index >= 15 is 0 Å². The van der Waals surface area contributed by atoms with Gasteiger partial charge in [0.2, 0.25) is 0 Å². The van der Waals surface area contributed by atoms with Crippen molar-refractivity contribution in [2.75, 3.05) is 13.2 Å². The first-order chi connectivity index (χ1) is 7.66. The molecule has 1 fully saturated rings. The molecule has 1 aromatic rings. The van der Waals surface area contributed by atoms with Crippen molar-refractivity contribution < 1.29 is 4.74 Å². The average Bonchev–Trinajstić information content (AvgIpc) is 2.86. The topological polar surface area (TPSA) is 62.8 Å². The highest BCUT2D eigenvalue weighted by Crippen LogP contribution is 2.14. The van der Waals surface area contributed by atoms with E-state index in [1.165, 1.54) is 0 Å². The zero-order valence-corrected chi connectivity index (χ0v) is 10.2. The van der Waals surface area contributed by atoms with Gasteiger partial charge in [-0.2, -0.15) is 5.10 Å².